The summed E-state index contributed by atoms with van der Waals surface area (Å²) < 4.78 is 67.4. The molecule has 0 aliphatic heterocycles. The minimum atomic E-state index is -2.18. The minimum absolute atomic E-state index is 0.0464. The molecule has 2 N–H and O–H groups in total. The zero-order chi connectivity index (χ0) is 15.7. The van der Waals surface area contributed by atoms with Gasteiger partial charge in [0.05, 0.1) is 0 Å². The standard InChI is InChI=1S/C14H9F5IN/c15-10-9(11(16)13(18)14(19)12(10)17)8(21)5-6-1-3-7(20)4-2-6/h1-4,8H,5,21H2. The highest BCUT2D eigenvalue weighted by molar-refractivity contribution is 14.1. The molecule has 0 aliphatic rings. The number of benzene rings is 2. The van der Waals surface area contributed by atoms with E-state index in [0.717, 1.165) is 3.57 Å². The van der Waals surface area contributed by atoms with Crippen LogP contribution in [0.3, 0.4) is 0 Å². The number of hydrogen-bond acceptors (Lipinski definition) is 1. The molecule has 2 aromatic rings. The molecule has 7 heteroatoms. The summed E-state index contributed by atoms with van der Waals surface area (Å²) in [4.78, 5) is 0. The Balaban J connectivity index is 2.39. The molecule has 0 aliphatic carbocycles. The van der Waals surface area contributed by atoms with E-state index in [9.17, 15) is 22.0 Å². The van der Waals surface area contributed by atoms with Crippen molar-refractivity contribution in [3.05, 3.63) is 68.0 Å². The summed E-state index contributed by atoms with van der Waals surface area (Å²) >= 11 is 2.07. The molecule has 0 amide bonds. The first-order chi connectivity index (χ1) is 9.82. The van der Waals surface area contributed by atoms with Gasteiger partial charge in [-0.3, -0.25) is 0 Å². The van der Waals surface area contributed by atoms with Gasteiger partial charge in [0.2, 0.25) is 5.82 Å². The Morgan fingerprint density at radius 3 is 1.71 bits per heavy atom. The average Bonchev–Trinajstić information content (AvgIpc) is 2.46. The Kier molecular flexibility index (Phi) is 4.82. The summed E-state index contributed by atoms with van der Waals surface area (Å²) in [7, 11) is 0. The van der Waals surface area contributed by atoms with Gasteiger partial charge in [0.1, 0.15) is 0 Å². The molecule has 2 aromatic carbocycles. The van der Waals surface area contributed by atoms with Gasteiger partial charge >= 0.3 is 0 Å². The van der Waals surface area contributed by atoms with Crippen molar-refractivity contribution in [2.24, 2.45) is 5.73 Å². The Labute approximate surface area is 131 Å². The van der Waals surface area contributed by atoms with Crippen molar-refractivity contribution in [2.75, 3.05) is 0 Å². The predicted octanol–water partition coefficient (Wildman–Crippen LogP) is 4.23. The van der Waals surface area contributed by atoms with E-state index in [0.29, 0.717) is 5.56 Å². The van der Waals surface area contributed by atoms with Gasteiger partial charge in [-0.2, -0.15) is 0 Å². The smallest absolute Gasteiger partial charge is 0.200 e. The van der Waals surface area contributed by atoms with Gasteiger partial charge in [0.15, 0.2) is 23.3 Å². The van der Waals surface area contributed by atoms with Crippen LogP contribution in [0.25, 0.3) is 0 Å². The van der Waals surface area contributed by atoms with E-state index in [-0.39, 0.29) is 6.42 Å². The summed E-state index contributed by atoms with van der Waals surface area (Å²) in [5, 5.41) is 0. The van der Waals surface area contributed by atoms with Crippen LogP contribution in [-0.4, -0.2) is 0 Å². The zero-order valence-electron chi connectivity index (χ0n) is 10.4. The number of nitrogens with two attached hydrogens (primary N) is 1. The fraction of sp³-hybridized carbons (Fsp3) is 0.143. The van der Waals surface area contributed by atoms with Crippen molar-refractivity contribution < 1.29 is 22.0 Å². The first kappa shape index (κ1) is 16.2. The lowest BCUT2D eigenvalue weighted by molar-refractivity contribution is 0.363. The van der Waals surface area contributed by atoms with Crippen LogP contribution >= 0.6 is 22.6 Å². The van der Waals surface area contributed by atoms with Crippen molar-refractivity contribution in [1.29, 1.82) is 0 Å². The van der Waals surface area contributed by atoms with Crippen LogP contribution in [0.15, 0.2) is 24.3 Å². The maximum Gasteiger partial charge on any atom is 0.200 e. The Hall–Kier alpha value is -1.22. The maximum atomic E-state index is 13.6. The molecule has 0 fully saturated rings. The van der Waals surface area contributed by atoms with Crippen LogP contribution in [0, 0.1) is 32.7 Å². The van der Waals surface area contributed by atoms with Gasteiger partial charge in [-0.15, -0.1) is 0 Å². The zero-order valence-corrected chi connectivity index (χ0v) is 12.6. The fourth-order valence-electron chi connectivity index (χ4n) is 1.92. The van der Waals surface area contributed by atoms with E-state index in [1.54, 1.807) is 24.3 Å². The third-order valence-electron chi connectivity index (χ3n) is 2.98. The highest BCUT2D eigenvalue weighted by Crippen LogP contribution is 2.28. The van der Waals surface area contributed by atoms with Crippen LogP contribution in [0.4, 0.5) is 22.0 Å². The molecular formula is C14H9F5IN. The lowest BCUT2D eigenvalue weighted by atomic mass is 9.98. The van der Waals surface area contributed by atoms with E-state index in [1.165, 1.54) is 0 Å². The van der Waals surface area contributed by atoms with Gasteiger partial charge < -0.3 is 5.73 Å². The van der Waals surface area contributed by atoms with Gasteiger partial charge in [0, 0.05) is 15.2 Å². The molecule has 0 radical (unpaired) electrons. The van der Waals surface area contributed by atoms with Crippen molar-refractivity contribution in [1.82, 2.24) is 0 Å². The second-order valence-corrected chi connectivity index (χ2v) is 5.67. The Morgan fingerprint density at radius 1 is 0.810 bits per heavy atom. The fourth-order valence-corrected chi connectivity index (χ4v) is 2.28. The third kappa shape index (κ3) is 3.18. The van der Waals surface area contributed by atoms with E-state index in [2.05, 4.69) is 22.6 Å². The molecule has 2 rings (SSSR count). The molecule has 1 unspecified atom stereocenters. The largest absolute Gasteiger partial charge is 0.323 e. The molecule has 0 bridgehead atoms. The molecule has 0 aromatic heterocycles. The van der Waals surface area contributed by atoms with E-state index < -0.39 is 40.7 Å². The van der Waals surface area contributed by atoms with Crippen LogP contribution in [0.5, 0.6) is 0 Å². The lowest BCUT2D eigenvalue weighted by Gasteiger charge is -2.15. The van der Waals surface area contributed by atoms with Crippen molar-refractivity contribution in [3.8, 4) is 0 Å². The van der Waals surface area contributed by atoms with Gasteiger partial charge in [-0.05, 0) is 46.7 Å². The van der Waals surface area contributed by atoms with Gasteiger partial charge in [-0.25, -0.2) is 22.0 Å². The van der Waals surface area contributed by atoms with Crippen molar-refractivity contribution in [3.63, 3.8) is 0 Å². The van der Waals surface area contributed by atoms with Gasteiger partial charge in [0.25, 0.3) is 0 Å². The Bertz CT molecular complexity index is 643. The second-order valence-electron chi connectivity index (χ2n) is 4.42. The number of halogens is 6. The third-order valence-corrected chi connectivity index (χ3v) is 3.70. The minimum Gasteiger partial charge on any atom is -0.323 e. The summed E-state index contributed by atoms with van der Waals surface area (Å²) in [6.45, 7) is 0. The van der Waals surface area contributed by atoms with Crippen molar-refractivity contribution in [2.45, 2.75) is 12.5 Å². The van der Waals surface area contributed by atoms with E-state index in [4.69, 9.17) is 5.73 Å². The highest BCUT2D eigenvalue weighted by Gasteiger charge is 2.28. The monoisotopic (exact) mass is 413 g/mol. The summed E-state index contributed by atoms with van der Waals surface area (Å²) in [6.07, 6.45) is -0.0464. The first-order valence-corrected chi connectivity index (χ1v) is 6.92. The summed E-state index contributed by atoms with van der Waals surface area (Å²) in [6, 6.07) is 5.51. The lowest BCUT2D eigenvalue weighted by Crippen LogP contribution is -2.20. The molecule has 1 atom stereocenters. The second kappa shape index (κ2) is 6.27. The van der Waals surface area contributed by atoms with Crippen molar-refractivity contribution >= 4 is 22.6 Å². The highest BCUT2D eigenvalue weighted by atomic mass is 127. The molecule has 21 heavy (non-hydrogen) atoms. The summed E-state index contributed by atoms with van der Waals surface area (Å²) in [5.74, 6) is -9.92. The molecule has 112 valence electrons. The molecular weight excluding hydrogens is 404 g/mol. The molecule has 1 nitrogen and oxygen atoms in total. The van der Waals surface area contributed by atoms with Crippen LogP contribution in [-0.2, 0) is 6.42 Å². The van der Waals surface area contributed by atoms with Crippen LogP contribution < -0.4 is 5.73 Å². The van der Waals surface area contributed by atoms with Gasteiger partial charge in [-0.1, -0.05) is 12.1 Å². The SMILES string of the molecule is NC(Cc1ccc(I)cc1)c1c(F)c(F)c(F)c(F)c1F. The number of hydrogen-bond donors (Lipinski definition) is 1. The maximum absolute atomic E-state index is 13.6. The number of rotatable bonds is 3. The molecule has 0 saturated heterocycles. The topological polar surface area (TPSA) is 26.0 Å². The first-order valence-electron chi connectivity index (χ1n) is 5.84. The predicted molar refractivity (Wildman–Crippen MR) is 76.0 cm³/mol. The molecule has 0 spiro atoms. The average molecular weight is 413 g/mol. The van der Waals surface area contributed by atoms with E-state index >= 15 is 0 Å². The van der Waals surface area contributed by atoms with Crippen LogP contribution in [0.1, 0.15) is 17.2 Å². The Morgan fingerprint density at radius 2 is 1.24 bits per heavy atom. The quantitative estimate of drug-likeness (QED) is 0.347. The molecule has 0 saturated carbocycles. The molecule has 0 heterocycles. The van der Waals surface area contributed by atoms with E-state index in [1.807, 2.05) is 0 Å². The van der Waals surface area contributed by atoms with Crippen LogP contribution in [0.2, 0.25) is 0 Å². The summed E-state index contributed by atoms with van der Waals surface area (Å²) in [5.41, 5.74) is 5.25. The normalized spacial score (nSPS) is 12.5.